The molecule has 1 aromatic rings. The van der Waals surface area contributed by atoms with Crippen molar-refractivity contribution in [3.05, 3.63) is 23.8 Å². The zero-order chi connectivity index (χ0) is 28.3. The molecule has 5 rings (SSSR count). The molecular formula is C31H49Cl2N3O5. The Bertz CT molecular complexity index is 1100. The molecule has 11 atom stereocenters. The molecule has 0 radical (unpaired) electrons. The molecule has 10 heteroatoms. The number of rotatable bonds is 6. The van der Waals surface area contributed by atoms with Gasteiger partial charge in [-0.1, -0.05) is 20.8 Å². The lowest BCUT2D eigenvalue weighted by Gasteiger charge is -2.63. The number of fused-ring (bicyclic) bond motifs is 5. The molecule has 41 heavy (non-hydrogen) atoms. The van der Waals surface area contributed by atoms with E-state index in [9.17, 15) is 24.9 Å². The molecule has 8 nitrogen and oxygen atoms in total. The molecule has 4 fully saturated rings. The molecule has 4 aliphatic rings. The van der Waals surface area contributed by atoms with E-state index in [1.807, 2.05) is 0 Å². The van der Waals surface area contributed by atoms with Gasteiger partial charge < -0.3 is 32.1 Å². The Morgan fingerprint density at radius 1 is 1.00 bits per heavy atom. The van der Waals surface area contributed by atoms with Crippen LogP contribution in [0.1, 0.15) is 88.9 Å². The summed E-state index contributed by atoms with van der Waals surface area (Å²) in [6, 6.07) is 4.94. The van der Waals surface area contributed by atoms with E-state index in [2.05, 4.69) is 26.1 Å². The number of carbonyl (C=O) groups excluding carboxylic acids is 1. The molecule has 0 spiro atoms. The second kappa shape index (κ2) is 12.5. The number of halogens is 2. The number of anilines is 2. The monoisotopic (exact) mass is 613 g/mol. The zero-order valence-electron chi connectivity index (χ0n) is 24.4. The van der Waals surface area contributed by atoms with Crippen LogP contribution < -0.4 is 16.8 Å². The summed E-state index contributed by atoms with van der Waals surface area (Å²) in [6.45, 7) is 6.71. The number of carboxylic acids is 1. The van der Waals surface area contributed by atoms with Crippen LogP contribution in [0.25, 0.3) is 0 Å². The Hall–Kier alpha value is -1.74. The smallest absolute Gasteiger partial charge is 0.303 e. The van der Waals surface area contributed by atoms with Crippen molar-refractivity contribution in [1.29, 1.82) is 0 Å². The predicted molar refractivity (Wildman–Crippen MR) is 165 cm³/mol. The molecule has 0 heterocycles. The number of hydrogen-bond donors (Lipinski definition) is 6. The van der Waals surface area contributed by atoms with Crippen molar-refractivity contribution in [2.75, 3.05) is 11.5 Å². The highest BCUT2D eigenvalue weighted by Gasteiger charge is 2.65. The average molecular weight is 615 g/mol. The van der Waals surface area contributed by atoms with Crippen molar-refractivity contribution in [3.63, 3.8) is 0 Å². The normalized spacial score (nSPS) is 40.0. The Balaban J connectivity index is 0.00000231. The lowest BCUT2D eigenvalue weighted by molar-refractivity contribution is -0.202. The number of amides is 1. The standard InChI is InChI=1S/C31H47N3O5.2ClH/c1-16(4-7-27(37)38)22-5-6-23-28-24(15-26(36)31(22,23)3)30(2)9-8-21(12-18(30)13-25(28)35)34-29(39)17-10-19(32)14-20(33)11-17;;/h10-11,14,16,18,21-26,28,35-36H,4-9,12-13,15,32-33H2,1-3H3,(H,34,39)(H,37,38);2*1H/t16-,18+,21+,22-,23+,24+,25-,26+,28+,30+,31-;;/m1../s1. The minimum absolute atomic E-state index is 0. The second-order valence-corrected chi connectivity index (χ2v) is 13.8. The molecule has 4 aliphatic carbocycles. The number of aliphatic carboxylic acids is 1. The van der Waals surface area contributed by atoms with Crippen molar-refractivity contribution >= 4 is 48.1 Å². The molecule has 0 unspecified atom stereocenters. The highest BCUT2D eigenvalue weighted by atomic mass is 35.5. The number of aliphatic hydroxyl groups excluding tert-OH is 2. The van der Waals surface area contributed by atoms with Crippen LogP contribution in [0.4, 0.5) is 11.4 Å². The number of aliphatic hydroxyl groups is 2. The van der Waals surface area contributed by atoms with E-state index >= 15 is 0 Å². The molecule has 232 valence electrons. The van der Waals surface area contributed by atoms with Crippen LogP contribution in [0.2, 0.25) is 0 Å². The van der Waals surface area contributed by atoms with Crippen LogP contribution in [-0.4, -0.2) is 45.4 Å². The van der Waals surface area contributed by atoms with Crippen LogP contribution in [0.15, 0.2) is 18.2 Å². The van der Waals surface area contributed by atoms with Gasteiger partial charge >= 0.3 is 5.97 Å². The highest BCUT2D eigenvalue weighted by molar-refractivity contribution is 5.96. The van der Waals surface area contributed by atoms with Crippen LogP contribution in [0.3, 0.4) is 0 Å². The van der Waals surface area contributed by atoms with Crippen molar-refractivity contribution < 1.29 is 24.9 Å². The van der Waals surface area contributed by atoms with E-state index in [0.717, 1.165) is 38.5 Å². The largest absolute Gasteiger partial charge is 0.481 e. The quantitative estimate of drug-likeness (QED) is 0.249. The summed E-state index contributed by atoms with van der Waals surface area (Å²) in [5.74, 6) is 0.439. The summed E-state index contributed by atoms with van der Waals surface area (Å²) in [7, 11) is 0. The number of nitrogens with one attached hydrogen (secondary N) is 1. The fraction of sp³-hybridized carbons (Fsp3) is 0.742. The predicted octanol–water partition coefficient (Wildman–Crippen LogP) is 4.89. The van der Waals surface area contributed by atoms with Gasteiger partial charge in [0.2, 0.25) is 0 Å². The Morgan fingerprint density at radius 3 is 2.29 bits per heavy atom. The van der Waals surface area contributed by atoms with Gasteiger partial charge in [0.05, 0.1) is 12.2 Å². The molecule has 4 saturated carbocycles. The Labute approximate surface area is 256 Å². The number of hydrogen-bond acceptors (Lipinski definition) is 6. The molecule has 0 aliphatic heterocycles. The van der Waals surface area contributed by atoms with Gasteiger partial charge in [0.25, 0.3) is 5.91 Å². The Morgan fingerprint density at radius 2 is 1.66 bits per heavy atom. The topological polar surface area (TPSA) is 159 Å². The second-order valence-electron chi connectivity index (χ2n) is 13.8. The number of benzene rings is 1. The van der Waals surface area contributed by atoms with Crippen molar-refractivity contribution in [3.8, 4) is 0 Å². The first-order valence-electron chi connectivity index (χ1n) is 14.9. The highest BCUT2D eigenvalue weighted by Crippen LogP contribution is 2.68. The summed E-state index contributed by atoms with van der Waals surface area (Å²) in [5.41, 5.74) is 12.9. The first kappa shape index (κ1) is 33.8. The first-order chi connectivity index (χ1) is 18.3. The van der Waals surface area contributed by atoms with Crippen molar-refractivity contribution in [2.24, 2.45) is 46.3 Å². The van der Waals surface area contributed by atoms with E-state index in [4.69, 9.17) is 11.5 Å². The van der Waals surface area contributed by atoms with Crippen LogP contribution in [-0.2, 0) is 4.79 Å². The van der Waals surface area contributed by atoms with Gasteiger partial charge in [-0.05, 0) is 116 Å². The van der Waals surface area contributed by atoms with E-state index < -0.39 is 18.2 Å². The third-order valence-electron chi connectivity index (χ3n) is 11.9. The minimum Gasteiger partial charge on any atom is -0.481 e. The number of nitrogen functional groups attached to an aromatic ring is 2. The maximum absolute atomic E-state index is 13.0. The van der Waals surface area contributed by atoms with E-state index in [1.165, 1.54) is 0 Å². The van der Waals surface area contributed by atoms with Gasteiger partial charge in [-0.3, -0.25) is 9.59 Å². The van der Waals surface area contributed by atoms with Gasteiger partial charge in [-0.2, -0.15) is 0 Å². The van der Waals surface area contributed by atoms with Crippen molar-refractivity contribution in [2.45, 2.75) is 96.8 Å². The summed E-state index contributed by atoms with van der Waals surface area (Å²) >= 11 is 0. The molecule has 1 aromatic carbocycles. The number of nitrogens with two attached hydrogens (primary N) is 2. The average Bonchev–Trinajstić information content (AvgIpc) is 3.22. The van der Waals surface area contributed by atoms with E-state index in [-0.39, 0.29) is 89.5 Å². The third-order valence-corrected chi connectivity index (χ3v) is 11.9. The zero-order valence-corrected chi connectivity index (χ0v) is 26.1. The maximum Gasteiger partial charge on any atom is 0.303 e. The van der Waals surface area contributed by atoms with Gasteiger partial charge in [0, 0.05) is 29.4 Å². The third kappa shape index (κ3) is 5.91. The summed E-state index contributed by atoms with van der Waals surface area (Å²) < 4.78 is 0. The van der Waals surface area contributed by atoms with E-state index in [1.54, 1.807) is 18.2 Å². The van der Waals surface area contributed by atoms with Gasteiger partial charge in [-0.25, -0.2) is 0 Å². The van der Waals surface area contributed by atoms with Crippen LogP contribution in [0.5, 0.6) is 0 Å². The van der Waals surface area contributed by atoms with Crippen molar-refractivity contribution in [1.82, 2.24) is 5.32 Å². The maximum atomic E-state index is 13.0. The number of carbonyl (C=O) groups is 2. The molecule has 0 saturated heterocycles. The fourth-order valence-electron chi connectivity index (χ4n) is 9.91. The molecule has 1 amide bonds. The molecule has 8 N–H and O–H groups in total. The van der Waals surface area contributed by atoms with Crippen LogP contribution >= 0.6 is 24.8 Å². The first-order valence-corrected chi connectivity index (χ1v) is 14.9. The van der Waals surface area contributed by atoms with Crippen LogP contribution in [0, 0.1) is 46.3 Å². The van der Waals surface area contributed by atoms with E-state index in [0.29, 0.717) is 29.8 Å². The van der Waals surface area contributed by atoms with Gasteiger partial charge in [-0.15, -0.1) is 24.8 Å². The molecular weight excluding hydrogens is 565 g/mol. The SMILES string of the molecule is C[C@H](CCC(=O)O)[C@H]1CC[C@H]2[C@@H]3[C@H](O)C[C@@H]4C[C@@H](NC(=O)c5cc(N)cc(N)c5)CC[C@]4(C)[C@H]3C[C@H](O)[C@]12C.Cl.Cl. The van der Waals surface area contributed by atoms with Gasteiger partial charge in [0.15, 0.2) is 0 Å². The minimum atomic E-state index is -0.767. The summed E-state index contributed by atoms with van der Waals surface area (Å²) in [5, 5.41) is 35.8. The molecule has 0 bridgehead atoms. The lowest BCUT2D eigenvalue weighted by atomic mass is 9.43. The lowest BCUT2D eigenvalue weighted by Crippen LogP contribution is -2.63. The van der Waals surface area contributed by atoms with Gasteiger partial charge in [0.1, 0.15) is 0 Å². The number of carboxylic acid groups (broad SMARTS) is 1. The molecule has 0 aromatic heterocycles. The fourth-order valence-corrected chi connectivity index (χ4v) is 9.91. The Kier molecular flexibility index (Phi) is 10.3. The summed E-state index contributed by atoms with van der Waals surface area (Å²) in [4.78, 5) is 24.2. The summed E-state index contributed by atoms with van der Waals surface area (Å²) in [6.07, 6.45) is 5.89.